The number of aromatic nitrogens is 1. The first-order valence-electron chi connectivity index (χ1n) is 9.14. The molecule has 1 saturated heterocycles. The van der Waals surface area contributed by atoms with Crippen molar-refractivity contribution < 1.29 is 14.3 Å². The predicted octanol–water partition coefficient (Wildman–Crippen LogP) is 1.16. The third-order valence-electron chi connectivity index (χ3n) is 4.35. The average Bonchev–Trinajstić information content (AvgIpc) is 3.07. The maximum Gasteiger partial charge on any atom is 0.416 e. The summed E-state index contributed by atoms with van der Waals surface area (Å²) in [7, 11) is 4.10. The fraction of sp³-hybridized carbons (Fsp3) is 0.526. The van der Waals surface area contributed by atoms with E-state index in [0.717, 1.165) is 35.9 Å². The summed E-state index contributed by atoms with van der Waals surface area (Å²) in [5.74, 6) is -0.355. The number of hydrogen-bond acceptors (Lipinski definition) is 7. The highest BCUT2D eigenvalue weighted by atomic mass is 16.6. The summed E-state index contributed by atoms with van der Waals surface area (Å²) in [5.41, 5.74) is 2.18. The standard InChI is InChI=1S/C19H29N5O3/c1-5-23(9-8-22(3)4)15(2)13-20-14-17-12-16(6-7-21-17)18(25)24-10-11-27-19(24)26/h6-7,12,20H,2,5,8-11,13-14H2,1,3-4H3. The molecule has 1 aromatic heterocycles. The summed E-state index contributed by atoms with van der Waals surface area (Å²) in [6.45, 7) is 10.7. The van der Waals surface area contributed by atoms with Gasteiger partial charge in [-0.15, -0.1) is 0 Å². The van der Waals surface area contributed by atoms with Gasteiger partial charge < -0.3 is 19.9 Å². The van der Waals surface area contributed by atoms with E-state index in [-0.39, 0.29) is 19.1 Å². The molecule has 0 atom stereocenters. The van der Waals surface area contributed by atoms with Gasteiger partial charge in [-0.05, 0) is 33.2 Å². The maximum absolute atomic E-state index is 12.4. The lowest BCUT2D eigenvalue weighted by Crippen LogP contribution is -2.34. The van der Waals surface area contributed by atoms with E-state index in [9.17, 15) is 9.59 Å². The van der Waals surface area contributed by atoms with Crippen LogP contribution >= 0.6 is 0 Å². The largest absolute Gasteiger partial charge is 0.447 e. The molecule has 0 unspecified atom stereocenters. The van der Waals surface area contributed by atoms with Crippen LogP contribution in [0.25, 0.3) is 0 Å². The number of rotatable bonds is 10. The van der Waals surface area contributed by atoms with Crippen LogP contribution in [-0.2, 0) is 11.3 Å². The molecular weight excluding hydrogens is 346 g/mol. The van der Waals surface area contributed by atoms with Gasteiger partial charge in [-0.25, -0.2) is 9.69 Å². The van der Waals surface area contributed by atoms with E-state index in [0.29, 0.717) is 18.7 Å². The van der Waals surface area contributed by atoms with Crippen molar-refractivity contribution in [3.05, 3.63) is 41.9 Å². The monoisotopic (exact) mass is 375 g/mol. The van der Waals surface area contributed by atoms with E-state index in [1.54, 1.807) is 18.3 Å². The number of nitrogens with zero attached hydrogens (tertiary/aromatic N) is 4. The van der Waals surface area contributed by atoms with E-state index >= 15 is 0 Å². The van der Waals surface area contributed by atoms with Crippen LogP contribution < -0.4 is 5.32 Å². The van der Waals surface area contributed by atoms with E-state index in [4.69, 9.17) is 4.74 Å². The maximum atomic E-state index is 12.4. The lowest BCUT2D eigenvalue weighted by Gasteiger charge is -2.27. The molecule has 27 heavy (non-hydrogen) atoms. The molecule has 0 radical (unpaired) electrons. The van der Waals surface area contributed by atoms with Gasteiger partial charge in [0.2, 0.25) is 0 Å². The molecule has 2 amide bonds. The molecule has 2 rings (SSSR count). The highest BCUT2D eigenvalue weighted by Crippen LogP contribution is 2.11. The Kier molecular flexibility index (Phi) is 7.75. The van der Waals surface area contributed by atoms with Crippen molar-refractivity contribution in [2.24, 2.45) is 0 Å². The summed E-state index contributed by atoms with van der Waals surface area (Å²) in [6.07, 6.45) is 0.987. The quantitative estimate of drug-likeness (QED) is 0.657. The summed E-state index contributed by atoms with van der Waals surface area (Å²) in [4.78, 5) is 33.7. The van der Waals surface area contributed by atoms with Crippen molar-refractivity contribution in [2.45, 2.75) is 13.5 Å². The Labute approximate surface area is 160 Å². The van der Waals surface area contributed by atoms with Crippen LogP contribution in [0.3, 0.4) is 0 Å². The second-order valence-electron chi connectivity index (χ2n) is 6.66. The fourth-order valence-corrected chi connectivity index (χ4v) is 2.75. The first-order chi connectivity index (χ1) is 12.9. The van der Waals surface area contributed by atoms with Gasteiger partial charge in [0.05, 0.1) is 12.2 Å². The minimum absolute atomic E-state index is 0.244. The number of cyclic esters (lactones) is 1. The molecule has 148 valence electrons. The van der Waals surface area contributed by atoms with E-state index in [2.05, 4.69) is 47.7 Å². The van der Waals surface area contributed by atoms with Gasteiger partial charge in [-0.3, -0.25) is 9.78 Å². The third kappa shape index (κ3) is 6.04. The Hall–Kier alpha value is -2.45. The highest BCUT2D eigenvalue weighted by molar-refractivity contribution is 6.03. The molecule has 0 aliphatic carbocycles. The first-order valence-corrected chi connectivity index (χ1v) is 9.14. The van der Waals surface area contributed by atoms with Gasteiger partial charge in [0.1, 0.15) is 6.61 Å². The van der Waals surface area contributed by atoms with Crippen LogP contribution in [-0.4, -0.2) is 85.1 Å². The van der Waals surface area contributed by atoms with Gasteiger partial charge in [0.15, 0.2) is 0 Å². The van der Waals surface area contributed by atoms with Gasteiger partial charge in [0.25, 0.3) is 5.91 Å². The molecule has 8 heteroatoms. The zero-order valence-electron chi connectivity index (χ0n) is 16.4. The summed E-state index contributed by atoms with van der Waals surface area (Å²) >= 11 is 0. The minimum Gasteiger partial charge on any atom is -0.447 e. The Bertz CT molecular complexity index is 677. The molecule has 0 spiro atoms. The number of carbonyl (C=O) groups excluding carboxylic acids is 2. The third-order valence-corrected chi connectivity index (χ3v) is 4.35. The van der Waals surface area contributed by atoms with Crippen LogP contribution in [0.4, 0.5) is 4.79 Å². The molecule has 0 bridgehead atoms. The van der Waals surface area contributed by atoms with Crippen LogP contribution in [0.15, 0.2) is 30.6 Å². The molecule has 1 aliphatic heterocycles. The number of imide groups is 1. The fourth-order valence-electron chi connectivity index (χ4n) is 2.75. The van der Waals surface area contributed by atoms with Crippen LogP contribution in [0.5, 0.6) is 0 Å². The predicted molar refractivity (Wildman–Crippen MR) is 103 cm³/mol. The Balaban J connectivity index is 1.86. The minimum atomic E-state index is -0.592. The van der Waals surface area contributed by atoms with Crippen molar-refractivity contribution in [1.29, 1.82) is 0 Å². The number of nitrogens with one attached hydrogen (secondary N) is 1. The number of pyridine rings is 1. The van der Waals surface area contributed by atoms with Crippen LogP contribution in [0.1, 0.15) is 23.0 Å². The summed E-state index contributed by atoms with van der Waals surface area (Å²) in [6, 6.07) is 3.31. The van der Waals surface area contributed by atoms with E-state index in [1.165, 1.54) is 0 Å². The van der Waals surface area contributed by atoms with Crippen molar-refractivity contribution in [1.82, 2.24) is 25.0 Å². The molecule has 1 aromatic rings. The number of ether oxygens (including phenoxy) is 1. The average molecular weight is 375 g/mol. The Morgan fingerprint density at radius 1 is 1.41 bits per heavy atom. The second kappa shape index (κ2) is 10.0. The smallest absolute Gasteiger partial charge is 0.416 e. The molecule has 1 N–H and O–H groups in total. The van der Waals surface area contributed by atoms with Crippen molar-refractivity contribution in [3.63, 3.8) is 0 Å². The molecule has 0 aromatic carbocycles. The zero-order valence-corrected chi connectivity index (χ0v) is 16.4. The van der Waals surface area contributed by atoms with Gasteiger partial charge in [0, 0.05) is 50.2 Å². The van der Waals surface area contributed by atoms with Gasteiger partial charge >= 0.3 is 6.09 Å². The van der Waals surface area contributed by atoms with Gasteiger partial charge in [-0.2, -0.15) is 0 Å². The number of amides is 2. The molecule has 2 heterocycles. The second-order valence-corrected chi connectivity index (χ2v) is 6.66. The van der Waals surface area contributed by atoms with Crippen molar-refractivity contribution in [2.75, 3.05) is 53.4 Å². The Morgan fingerprint density at radius 3 is 2.81 bits per heavy atom. The molecule has 1 fully saturated rings. The Morgan fingerprint density at radius 2 is 2.19 bits per heavy atom. The van der Waals surface area contributed by atoms with Gasteiger partial charge in [-0.1, -0.05) is 6.58 Å². The summed E-state index contributed by atoms with van der Waals surface area (Å²) in [5, 5.41) is 3.31. The molecule has 1 aliphatic rings. The number of hydrogen-bond donors (Lipinski definition) is 1. The first kappa shape index (κ1) is 20.9. The molecular formula is C19H29N5O3. The van der Waals surface area contributed by atoms with E-state index in [1.807, 2.05) is 0 Å². The number of carbonyl (C=O) groups is 2. The highest BCUT2D eigenvalue weighted by Gasteiger charge is 2.29. The molecule has 0 saturated carbocycles. The lowest BCUT2D eigenvalue weighted by molar-refractivity contribution is 0.0809. The zero-order chi connectivity index (χ0) is 19.8. The summed E-state index contributed by atoms with van der Waals surface area (Å²) < 4.78 is 4.82. The van der Waals surface area contributed by atoms with Crippen LogP contribution in [0, 0.1) is 0 Å². The lowest BCUT2D eigenvalue weighted by atomic mass is 10.2. The SMILES string of the molecule is C=C(CNCc1cc(C(=O)N2CCOC2=O)ccn1)N(CC)CCN(C)C. The van der Waals surface area contributed by atoms with Crippen LogP contribution in [0.2, 0.25) is 0 Å². The topological polar surface area (TPSA) is 78.0 Å². The van der Waals surface area contributed by atoms with Crippen molar-refractivity contribution in [3.8, 4) is 0 Å². The van der Waals surface area contributed by atoms with Crippen molar-refractivity contribution >= 4 is 12.0 Å². The normalized spacial score (nSPS) is 13.8. The number of likely N-dealkylation sites (N-methyl/N-ethyl adjacent to an activating group) is 2. The van der Waals surface area contributed by atoms with E-state index < -0.39 is 6.09 Å². The molecule has 8 nitrogen and oxygen atoms in total.